The van der Waals surface area contributed by atoms with E-state index in [1.165, 1.54) is 19.3 Å². The molecule has 0 spiro atoms. The Morgan fingerprint density at radius 3 is 2.39 bits per heavy atom. The number of nitrogens with two attached hydrogens (primary N) is 1. The van der Waals surface area contributed by atoms with Crippen LogP contribution in [0.25, 0.3) is 0 Å². The van der Waals surface area contributed by atoms with Gasteiger partial charge in [-0.15, -0.1) is 0 Å². The lowest BCUT2D eigenvalue weighted by molar-refractivity contribution is 0.305. The monoisotopic (exact) mass is 321 g/mol. The zero-order chi connectivity index (χ0) is 16.5. The molecule has 0 aromatic heterocycles. The molecule has 0 radical (unpaired) electrons. The first kappa shape index (κ1) is 17.2. The van der Waals surface area contributed by atoms with Crippen LogP contribution in [0.1, 0.15) is 25.7 Å². The Kier molecular flexibility index (Phi) is 6.84. The lowest BCUT2D eigenvalue weighted by Crippen LogP contribution is -2.34. The topological polar surface area (TPSA) is 78.1 Å². The van der Waals surface area contributed by atoms with E-state index in [4.69, 9.17) is 19.9 Å². The molecule has 0 atom stereocenters. The third-order valence-corrected chi connectivity index (χ3v) is 3.97. The standard InChI is InChI=1S/C17H27N3O3/c1-21-14-9-15(22-2)11-16(10-14)23-8-4-7-19-17(18)20-12-13-5-3-6-13/h9-11,13H,3-8,12H2,1-2H3,(H3,18,19,20). The van der Waals surface area contributed by atoms with Gasteiger partial charge in [0.1, 0.15) is 17.2 Å². The fourth-order valence-electron chi connectivity index (χ4n) is 2.30. The number of rotatable bonds is 9. The van der Waals surface area contributed by atoms with Gasteiger partial charge in [-0.2, -0.15) is 0 Å². The highest BCUT2D eigenvalue weighted by Crippen LogP contribution is 2.27. The minimum Gasteiger partial charge on any atom is -0.496 e. The number of hydrogen-bond acceptors (Lipinski definition) is 4. The summed E-state index contributed by atoms with van der Waals surface area (Å²) < 4.78 is 16.1. The molecule has 0 amide bonds. The molecule has 2 rings (SSSR count). The summed E-state index contributed by atoms with van der Waals surface area (Å²) in [5, 5.41) is 3.12. The maximum absolute atomic E-state index is 5.83. The molecular formula is C17H27N3O3. The molecule has 0 unspecified atom stereocenters. The van der Waals surface area contributed by atoms with Crippen LogP contribution < -0.4 is 25.3 Å². The molecule has 3 N–H and O–H groups in total. The van der Waals surface area contributed by atoms with E-state index < -0.39 is 0 Å². The average molecular weight is 321 g/mol. The summed E-state index contributed by atoms with van der Waals surface area (Å²) in [6, 6.07) is 5.49. The van der Waals surface area contributed by atoms with E-state index in [0.717, 1.165) is 31.2 Å². The van der Waals surface area contributed by atoms with Crippen LogP contribution >= 0.6 is 0 Å². The molecule has 1 aromatic rings. The SMILES string of the molecule is COc1cc(OC)cc(OCCCNC(N)=NCC2CCC2)c1. The van der Waals surface area contributed by atoms with E-state index in [9.17, 15) is 0 Å². The van der Waals surface area contributed by atoms with E-state index in [-0.39, 0.29) is 0 Å². The Morgan fingerprint density at radius 2 is 1.83 bits per heavy atom. The second-order valence-electron chi connectivity index (χ2n) is 5.70. The van der Waals surface area contributed by atoms with E-state index in [1.807, 2.05) is 18.2 Å². The maximum Gasteiger partial charge on any atom is 0.188 e. The van der Waals surface area contributed by atoms with Crippen molar-refractivity contribution in [3.8, 4) is 17.2 Å². The predicted molar refractivity (Wildman–Crippen MR) is 91.5 cm³/mol. The quantitative estimate of drug-likeness (QED) is 0.414. The fraction of sp³-hybridized carbons (Fsp3) is 0.588. The van der Waals surface area contributed by atoms with Gasteiger partial charge in [-0.3, -0.25) is 4.99 Å². The highest BCUT2D eigenvalue weighted by Gasteiger charge is 2.16. The highest BCUT2D eigenvalue weighted by molar-refractivity contribution is 5.77. The van der Waals surface area contributed by atoms with Crippen molar-refractivity contribution in [1.82, 2.24) is 5.32 Å². The predicted octanol–water partition coefficient (Wildman–Crippen LogP) is 2.18. The summed E-state index contributed by atoms with van der Waals surface area (Å²) in [5.74, 6) is 3.42. The van der Waals surface area contributed by atoms with Crippen molar-refractivity contribution in [1.29, 1.82) is 0 Å². The molecule has 23 heavy (non-hydrogen) atoms. The fourth-order valence-corrected chi connectivity index (χ4v) is 2.30. The number of ether oxygens (including phenoxy) is 3. The summed E-state index contributed by atoms with van der Waals surface area (Å²) in [6.45, 7) is 2.17. The maximum atomic E-state index is 5.83. The Hall–Kier alpha value is -2.11. The molecule has 6 heteroatoms. The zero-order valence-electron chi connectivity index (χ0n) is 14.0. The van der Waals surface area contributed by atoms with Crippen molar-refractivity contribution in [3.05, 3.63) is 18.2 Å². The molecule has 1 aliphatic rings. The van der Waals surface area contributed by atoms with Crippen molar-refractivity contribution in [2.45, 2.75) is 25.7 Å². The van der Waals surface area contributed by atoms with Gasteiger partial charge in [-0.1, -0.05) is 6.42 Å². The van der Waals surface area contributed by atoms with Crippen LogP contribution in [0.5, 0.6) is 17.2 Å². The number of nitrogens with zero attached hydrogens (tertiary/aromatic N) is 1. The van der Waals surface area contributed by atoms with Gasteiger partial charge in [-0.05, 0) is 25.2 Å². The van der Waals surface area contributed by atoms with E-state index in [2.05, 4.69) is 10.3 Å². The molecule has 0 bridgehead atoms. The number of nitrogens with one attached hydrogen (secondary N) is 1. The summed E-state index contributed by atoms with van der Waals surface area (Å²) in [6.07, 6.45) is 4.74. The van der Waals surface area contributed by atoms with Gasteiger partial charge in [0.25, 0.3) is 0 Å². The molecule has 128 valence electrons. The number of aliphatic imine (C=N–C) groups is 1. The van der Waals surface area contributed by atoms with Crippen LogP contribution in [0.4, 0.5) is 0 Å². The molecule has 0 aliphatic heterocycles. The molecule has 1 fully saturated rings. The first-order valence-electron chi connectivity index (χ1n) is 8.11. The summed E-state index contributed by atoms with van der Waals surface area (Å²) >= 11 is 0. The largest absolute Gasteiger partial charge is 0.496 e. The van der Waals surface area contributed by atoms with Crippen LogP contribution in [-0.2, 0) is 0 Å². The van der Waals surface area contributed by atoms with E-state index in [1.54, 1.807) is 14.2 Å². The average Bonchev–Trinajstić information content (AvgIpc) is 2.52. The van der Waals surface area contributed by atoms with Gasteiger partial charge in [0.2, 0.25) is 0 Å². The first-order chi connectivity index (χ1) is 11.2. The molecule has 1 aromatic carbocycles. The summed E-state index contributed by atoms with van der Waals surface area (Å²) in [7, 11) is 3.24. The Balaban J connectivity index is 1.64. The Bertz CT molecular complexity index is 494. The highest BCUT2D eigenvalue weighted by atomic mass is 16.5. The molecule has 1 aliphatic carbocycles. The van der Waals surface area contributed by atoms with Crippen molar-refractivity contribution >= 4 is 5.96 Å². The molecule has 0 heterocycles. The van der Waals surface area contributed by atoms with Crippen LogP contribution in [0.2, 0.25) is 0 Å². The molecule has 1 saturated carbocycles. The second kappa shape index (κ2) is 9.12. The number of benzene rings is 1. The van der Waals surface area contributed by atoms with Crippen LogP contribution in [0.15, 0.2) is 23.2 Å². The zero-order valence-corrected chi connectivity index (χ0v) is 14.0. The number of guanidine groups is 1. The van der Waals surface area contributed by atoms with E-state index >= 15 is 0 Å². The van der Waals surface area contributed by atoms with Crippen molar-refractivity contribution < 1.29 is 14.2 Å². The van der Waals surface area contributed by atoms with Gasteiger partial charge >= 0.3 is 0 Å². The third-order valence-electron chi connectivity index (χ3n) is 3.97. The summed E-state index contributed by atoms with van der Waals surface area (Å²) in [5.41, 5.74) is 5.83. The van der Waals surface area contributed by atoms with Crippen molar-refractivity contribution in [2.24, 2.45) is 16.6 Å². The van der Waals surface area contributed by atoms with Crippen LogP contribution in [0, 0.1) is 5.92 Å². The molecular weight excluding hydrogens is 294 g/mol. The first-order valence-corrected chi connectivity index (χ1v) is 8.11. The van der Waals surface area contributed by atoms with Gasteiger partial charge in [0.05, 0.1) is 20.8 Å². The number of hydrogen-bond donors (Lipinski definition) is 2. The van der Waals surface area contributed by atoms with Crippen molar-refractivity contribution in [3.63, 3.8) is 0 Å². The minimum atomic E-state index is 0.528. The van der Waals surface area contributed by atoms with Gasteiger partial charge in [0, 0.05) is 31.3 Å². The Labute approximate surface area is 138 Å². The van der Waals surface area contributed by atoms with Crippen molar-refractivity contribution in [2.75, 3.05) is 33.9 Å². The summed E-state index contributed by atoms with van der Waals surface area (Å²) in [4.78, 5) is 4.36. The lowest BCUT2D eigenvalue weighted by atomic mass is 9.86. The normalized spacial score (nSPS) is 15.0. The third kappa shape index (κ3) is 5.88. The number of methoxy groups -OCH3 is 2. The van der Waals surface area contributed by atoms with Gasteiger partial charge in [0.15, 0.2) is 5.96 Å². The Morgan fingerprint density at radius 1 is 1.17 bits per heavy atom. The minimum absolute atomic E-state index is 0.528. The molecule has 6 nitrogen and oxygen atoms in total. The molecule has 0 saturated heterocycles. The van der Waals surface area contributed by atoms with Crippen LogP contribution in [0.3, 0.4) is 0 Å². The smallest absolute Gasteiger partial charge is 0.188 e. The lowest BCUT2D eigenvalue weighted by Gasteiger charge is -2.23. The van der Waals surface area contributed by atoms with Gasteiger partial charge < -0.3 is 25.3 Å². The van der Waals surface area contributed by atoms with Gasteiger partial charge in [-0.25, -0.2) is 0 Å². The second-order valence-corrected chi connectivity index (χ2v) is 5.70. The van der Waals surface area contributed by atoms with Crippen LogP contribution in [-0.4, -0.2) is 39.9 Å². The van der Waals surface area contributed by atoms with E-state index in [0.29, 0.717) is 24.1 Å².